The second-order valence-electron chi connectivity index (χ2n) is 6.42. The highest BCUT2D eigenvalue weighted by Crippen LogP contribution is 2.19. The summed E-state index contributed by atoms with van der Waals surface area (Å²) in [4.78, 5) is 21.8. The van der Waals surface area contributed by atoms with Gasteiger partial charge in [0.15, 0.2) is 0 Å². The number of hydrogen-bond donors (Lipinski definition) is 1. The van der Waals surface area contributed by atoms with Gasteiger partial charge in [0, 0.05) is 37.2 Å². The van der Waals surface area contributed by atoms with Crippen molar-refractivity contribution in [3.63, 3.8) is 0 Å². The summed E-state index contributed by atoms with van der Waals surface area (Å²) in [5.74, 6) is -0.381. The topological polar surface area (TPSA) is 74.8 Å². The van der Waals surface area contributed by atoms with E-state index in [4.69, 9.17) is 0 Å². The van der Waals surface area contributed by atoms with Crippen LogP contribution in [0.2, 0.25) is 0 Å². The van der Waals surface area contributed by atoms with Gasteiger partial charge in [0.25, 0.3) is 5.91 Å². The van der Waals surface area contributed by atoms with Gasteiger partial charge in [0.1, 0.15) is 11.5 Å². The average Bonchev–Trinajstić information content (AvgIpc) is 3.16. The van der Waals surface area contributed by atoms with E-state index in [1.165, 1.54) is 24.5 Å². The van der Waals surface area contributed by atoms with E-state index in [9.17, 15) is 9.18 Å². The minimum Gasteiger partial charge on any atom is -0.340 e. The smallest absolute Gasteiger partial charge is 0.273 e. The number of rotatable bonds is 8. The van der Waals surface area contributed by atoms with Crippen LogP contribution < -0.4 is 0 Å². The van der Waals surface area contributed by atoms with Crippen LogP contribution >= 0.6 is 0 Å². The molecule has 0 aliphatic rings. The fraction of sp³-hybridized carbons (Fsp3) is 0.300. The molecule has 0 unspecified atom stereocenters. The Bertz CT molecular complexity index is 881. The standard InChI is InChI=1S/C20H22FN5O/c1-26(20(27)19-14-22-9-10-23-19)11-4-2-3-8-17-13-18(25-24-17)15-6-5-7-16(21)12-15/h5-7,9-10,12-14H,2-4,8,11H2,1H3,(H,24,25). The number of nitrogens with zero attached hydrogens (tertiary/aromatic N) is 4. The number of nitrogens with one attached hydrogen (secondary N) is 1. The van der Waals surface area contributed by atoms with Gasteiger partial charge in [-0.15, -0.1) is 0 Å². The van der Waals surface area contributed by atoms with Crippen molar-refractivity contribution in [2.24, 2.45) is 0 Å². The van der Waals surface area contributed by atoms with Gasteiger partial charge in [-0.05, 0) is 37.5 Å². The maximum absolute atomic E-state index is 13.3. The van der Waals surface area contributed by atoms with Crippen LogP contribution in [-0.4, -0.2) is 44.6 Å². The molecule has 0 aliphatic carbocycles. The first-order chi connectivity index (χ1) is 13.1. The molecule has 0 fully saturated rings. The Kier molecular flexibility index (Phi) is 6.25. The molecule has 0 bridgehead atoms. The Morgan fingerprint density at radius 3 is 2.85 bits per heavy atom. The molecular weight excluding hydrogens is 345 g/mol. The summed E-state index contributed by atoms with van der Waals surface area (Å²) in [6.07, 6.45) is 8.30. The number of hydrogen-bond acceptors (Lipinski definition) is 4. The average molecular weight is 367 g/mol. The number of unbranched alkanes of at least 4 members (excludes halogenated alkanes) is 2. The van der Waals surface area contributed by atoms with Crippen molar-refractivity contribution in [1.82, 2.24) is 25.1 Å². The van der Waals surface area contributed by atoms with Crippen LogP contribution in [0.4, 0.5) is 4.39 Å². The molecule has 0 saturated heterocycles. The van der Waals surface area contributed by atoms with E-state index in [0.717, 1.165) is 42.6 Å². The monoisotopic (exact) mass is 367 g/mol. The lowest BCUT2D eigenvalue weighted by Crippen LogP contribution is -2.28. The number of H-pyrrole nitrogens is 1. The van der Waals surface area contributed by atoms with Crippen molar-refractivity contribution >= 4 is 5.91 Å². The second-order valence-corrected chi connectivity index (χ2v) is 6.42. The summed E-state index contributed by atoms with van der Waals surface area (Å²) < 4.78 is 13.3. The number of benzene rings is 1. The summed E-state index contributed by atoms with van der Waals surface area (Å²) in [6.45, 7) is 0.674. The molecule has 1 aromatic carbocycles. The quantitative estimate of drug-likeness (QED) is 0.619. The molecule has 2 aromatic heterocycles. The summed E-state index contributed by atoms with van der Waals surface area (Å²) >= 11 is 0. The van der Waals surface area contributed by atoms with E-state index >= 15 is 0 Å². The molecule has 3 aromatic rings. The van der Waals surface area contributed by atoms with E-state index in [-0.39, 0.29) is 11.7 Å². The van der Waals surface area contributed by atoms with E-state index in [0.29, 0.717) is 12.2 Å². The Balaban J connectivity index is 1.40. The van der Waals surface area contributed by atoms with Gasteiger partial charge in [-0.2, -0.15) is 5.10 Å². The molecule has 1 amide bonds. The number of aromatic nitrogens is 4. The first-order valence-electron chi connectivity index (χ1n) is 8.95. The van der Waals surface area contributed by atoms with Crippen molar-refractivity contribution in [2.75, 3.05) is 13.6 Å². The van der Waals surface area contributed by atoms with Crippen LogP contribution in [0, 0.1) is 5.82 Å². The maximum Gasteiger partial charge on any atom is 0.273 e. The molecule has 7 heteroatoms. The van der Waals surface area contributed by atoms with Gasteiger partial charge in [-0.3, -0.25) is 14.9 Å². The predicted molar refractivity (Wildman–Crippen MR) is 101 cm³/mol. The first kappa shape index (κ1) is 18.7. The van der Waals surface area contributed by atoms with Gasteiger partial charge < -0.3 is 4.90 Å². The van der Waals surface area contributed by atoms with E-state index < -0.39 is 0 Å². The SMILES string of the molecule is CN(CCCCCc1cc(-c2cccc(F)c2)n[nH]1)C(=O)c1cnccn1. The second kappa shape index (κ2) is 9.02. The number of carbonyl (C=O) groups is 1. The number of halogens is 1. The van der Waals surface area contributed by atoms with Crippen LogP contribution in [0.3, 0.4) is 0 Å². The third kappa shape index (κ3) is 5.20. The normalized spacial score (nSPS) is 10.7. The molecule has 6 nitrogen and oxygen atoms in total. The van der Waals surface area contributed by atoms with Crippen LogP contribution in [0.1, 0.15) is 35.4 Å². The largest absolute Gasteiger partial charge is 0.340 e. The molecule has 27 heavy (non-hydrogen) atoms. The molecule has 0 spiro atoms. The van der Waals surface area contributed by atoms with Crippen LogP contribution in [0.5, 0.6) is 0 Å². The highest BCUT2D eigenvalue weighted by atomic mass is 19.1. The number of aromatic amines is 1. The summed E-state index contributed by atoms with van der Waals surface area (Å²) in [6, 6.07) is 8.37. The van der Waals surface area contributed by atoms with Crippen LogP contribution in [-0.2, 0) is 6.42 Å². The van der Waals surface area contributed by atoms with Crippen molar-refractivity contribution in [3.8, 4) is 11.3 Å². The van der Waals surface area contributed by atoms with E-state index in [1.807, 2.05) is 12.1 Å². The van der Waals surface area contributed by atoms with Crippen molar-refractivity contribution < 1.29 is 9.18 Å². The van der Waals surface area contributed by atoms with Crippen LogP contribution in [0.15, 0.2) is 48.9 Å². The zero-order chi connectivity index (χ0) is 19.1. The van der Waals surface area contributed by atoms with Gasteiger partial charge in [0.05, 0.1) is 11.9 Å². The zero-order valence-corrected chi connectivity index (χ0v) is 15.2. The first-order valence-corrected chi connectivity index (χ1v) is 8.95. The highest BCUT2D eigenvalue weighted by Gasteiger charge is 2.12. The lowest BCUT2D eigenvalue weighted by Gasteiger charge is -2.16. The number of amides is 1. The predicted octanol–water partition coefficient (Wildman–Crippen LogP) is 3.49. The minimum absolute atomic E-state index is 0.114. The molecule has 2 heterocycles. The summed E-state index contributed by atoms with van der Waals surface area (Å²) in [5, 5.41) is 7.26. The molecule has 0 saturated carbocycles. The lowest BCUT2D eigenvalue weighted by molar-refractivity contribution is 0.0786. The highest BCUT2D eigenvalue weighted by molar-refractivity contribution is 5.91. The Labute approximate surface area is 157 Å². The Morgan fingerprint density at radius 1 is 1.19 bits per heavy atom. The van der Waals surface area contributed by atoms with E-state index in [1.54, 1.807) is 24.2 Å². The van der Waals surface area contributed by atoms with Gasteiger partial charge in [0.2, 0.25) is 0 Å². The van der Waals surface area contributed by atoms with E-state index in [2.05, 4.69) is 20.2 Å². The molecule has 1 N–H and O–H groups in total. The van der Waals surface area contributed by atoms with Gasteiger partial charge in [-0.1, -0.05) is 18.6 Å². The van der Waals surface area contributed by atoms with Crippen molar-refractivity contribution in [3.05, 3.63) is 66.1 Å². The lowest BCUT2D eigenvalue weighted by atomic mass is 10.1. The molecule has 3 rings (SSSR count). The fourth-order valence-electron chi connectivity index (χ4n) is 2.83. The molecule has 0 atom stereocenters. The van der Waals surface area contributed by atoms with Crippen molar-refractivity contribution in [1.29, 1.82) is 0 Å². The molecular formula is C20H22FN5O. The number of carbonyl (C=O) groups excluding carboxylic acids is 1. The summed E-state index contributed by atoms with van der Waals surface area (Å²) in [5.41, 5.74) is 2.90. The van der Waals surface area contributed by atoms with Gasteiger partial charge >= 0.3 is 0 Å². The van der Waals surface area contributed by atoms with Crippen molar-refractivity contribution in [2.45, 2.75) is 25.7 Å². The zero-order valence-electron chi connectivity index (χ0n) is 15.2. The van der Waals surface area contributed by atoms with Crippen LogP contribution in [0.25, 0.3) is 11.3 Å². The third-order valence-corrected chi connectivity index (χ3v) is 4.32. The minimum atomic E-state index is -0.266. The molecule has 0 radical (unpaired) electrons. The number of aryl methyl sites for hydroxylation is 1. The third-order valence-electron chi connectivity index (χ3n) is 4.32. The fourth-order valence-corrected chi connectivity index (χ4v) is 2.83. The Hall–Kier alpha value is -3.09. The Morgan fingerprint density at radius 2 is 2.07 bits per heavy atom. The molecule has 140 valence electrons. The van der Waals surface area contributed by atoms with Gasteiger partial charge in [-0.25, -0.2) is 9.37 Å². The molecule has 0 aliphatic heterocycles. The summed E-state index contributed by atoms with van der Waals surface area (Å²) in [7, 11) is 1.77. The maximum atomic E-state index is 13.3.